The number of carbonyl (C=O) groups excluding carboxylic acids is 1. The molecule has 0 spiro atoms. The number of amides is 1. The number of primary amides is 1. The average Bonchev–Trinajstić information content (AvgIpc) is 1.82. The van der Waals surface area contributed by atoms with Crippen LogP contribution in [0.2, 0.25) is 0 Å². The Hall–Kier alpha value is -1.19. The number of nitrogens with one attached hydrogen (secondary N) is 1. The van der Waals surface area contributed by atoms with E-state index in [0.717, 1.165) is 0 Å². The lowest BCUT2D eigenvalue weighted by Crippen LogP contribution is -2.18. The van der Waals surface area contributed by atoms with Gasteiger partial charge in [-0.25, -0.2) is 0 Å². The van der Waals surface area contributed by atoms with Gasteiger partial charge in [0.1, 0.15) is 0 Å². The number of nitrogens with two attached hydrogens (primary N) is 2. The summed E-state index contributed by atoms with van der Waals surface area (Å²) in [6, 6.07) is 0. The Morgan fingerprint density at radius 3 is 2.44 bits per heavy atom. The van der Waals surface area contributed by atoms with Gasteiger partial charge >= 0.3 is 0 Å². The maximum absolute atomic E-state index is 10.2. The molecule has 0 rings (SSSR count). The van der Waals surface area contributed by atoms with Gasteiger partial charge in [-0.3, -0.25) is 4.79 Å². The fourth-order valence-electron chi connectivity index (χ4n) is 0.418. The van der Waals surface area contributed by atoms with Crippen LogP contribution in [0.1, 0.15) is 6.42 Å². The molecule has 1 amide bonds. The Kier molecular flexibility index (Phi) is 3.27. The fourth-order valence-corrected chi connectivity index (χ4v) is 0.418. The summed E-state index contributed by atoms with van der Waals surface area (Å²) in [6.45, 7) is 0. The van der Waals surface area contributed by atoms with Crippen molar-refractivity contribution in [3.05, 3.63) is 11.9 Å². The van der Waals surface area contributed by atoms with Crippen LogP contribution in [-0.2, 0) is 4.79 Å². The molecule has 0 bridgehead atoms. The first-order chi connectivity index (χ1) is 4.20. The van der Waals surface area contributed by atoms with Crippen LogP contribution in [0.15, 0.2) is 11.9 Å². The number of carbonyl (C=O) groups is 1. The van der Waals surface area contributed by atoms with Crippen LogP contribution in [0.25, 0.3) is 0 Å². The Morgan fingerprint density at radius 1 is 1.78 bits per heavy atom. The molecule has 0 aliphatic rings. The molecule has 52 valence electrons. The van der Waals surface area contributed by atoms with Gasteiger partial charge in [-0.2, -0.15) is 0 Å². The summed E-state index contributed by atoms with van der Waals surface area (Å²) in [6.07, 6.45) is 1.50. The predicted molar refractivity (Wildman–Crippen MR) is 35.1 cm³/mol. The van der Waals surface area contributed by atoms with Crippen molar-refractivity contribution in [2.45, 2.75) is 6.42 Å². The van der Waals surface area contributed by atoms with E-state index in [-0.39, 0.29) is 12.3 Å². The quantitative estimate of drug-likeness (QED) is 0.451. The zero-order valence-electron chi connectivity index (χ0n) is 5.35. The summed E-state index contributed by atoms with van der Waals surface area (Å²) >= 11 is 0. The summed E-state index contributed by atoms with van der Waals surface area (Å²) < 4.78 is 0. The van der Waals surface area contributed by atoms with Gasteiger partial charge in [0.2, 0.25) is 5.91 Å². The Bertz CT molecular complexity index is 130. The molecule has 0 heterocycles. The van der Waals surface area contributed by atoms with E-state index in [0.29, 0.717) is 5.70 Å². The number of hydrogen-bond acceptors (Lipinski definition) is 3. The third-order valence-corrected chi connectivity index (χ3v) is 0.887. The van der Waals surface area contributed by atoms with Gasteiger partial charge in [0.15, 0.2) is 0 Å². The van der Waals surface area contributed by atoms with E-state index in [1.165, 1.54) is 6.20 Å². The molecule has 0 fully saturated rings. The van der Waals surface area contributed by atoms with Gasteiger partial charge in [0, 0.05) is 18.9 Å². The van der Waals surface area contributed by atoms with Gasteiger partial charge in [0.25, 0.3) is 0 Å². The van der Waals surface area contributed by atoms with Gasteiger partial charge in [-0.1, -0.05) is 0 Å². The maximum Gasteiger partial charge on any atom is 0.223 e. The predicted octanol–water partition coefficient (Wildman–Crippen LogP) is -1.12. The molecule has 0 aliphatic heterocycles. The third kappa shape index (κ3) is 3.40. The molecule has 9 heavy (non-hydrogen) atoms. The van der Waals surface area contributed by atoms with E-state index >= 15 is 0 Å². The van der Waals surface area contributed by atoms with E-state index in [4.69, 9.17) is 11.5 Å². The summed E-state index contributed by atoms with van der Waals surface area (Å²) in [5, 5.41) is 2.72. The standard InChI is InChI=1S/C5H11N3O/c1-8-4(3-6)2-5(7)9/h3,8H,2,6H2,1H3,(H2,7,9)/b4-3+. The number of hydrogen-bond donors (Lipinski definition) is 3. The van der Waals surface area contributed by atoms with Crippen LogP contribution in [0, 0.1) is 0 Å². The highest BCUT2D eigenvalue weighted by molar-refractivity contribution is 5.76. The second-order valence-corrected chi connectivity index (χ2v) is 1.58. The lowest BCUT2D eigenvalue weighted by molar-refractivity contribution is -0.117. The molecular weight excluding hydrogens is 118 g/mol. The lowest BCUT2D eigenvalue weighted by Gasteiger charge is -2.00. The Labute approximate surface area is 53.9 Å². The van der Waals surface area contributed by atoms with Crippen LogP contribution in [0.5, 0.6) is 0 Å². The molecular formula is C5H11N3O. The van der Waals surface area contributed by atoms with E-state index in [1.54, 1.807) is 7.05 Å². The molecule has 5 N–H and O–H groups in total. The topological polar surface area (TPSA) is 81.1 Å². The third-order valence-electron chi connectivity index (χ3n) is 0.887. The minimum Gasteiger partial charge on any atom is -0.403 e. The minimum atomic E-state index is -0.388. The van der Waals surface area contributed by atoms with Crippen molar-refractivity contribution in [2.24, 2.45) is 11.5 Å². The second-order valence-electron chi connectivity index (χ2n) is 1.58. The Balaban J connectivity index is 3.71. The maximum atomic E-state index is 10.2. The average molecular weight is 129 g/mol. The first-order valence-electron chi connectivity index (χ1n) is 2.57. The normalized spacial score (nSPS) is 11.0. The molecule has 0 radical (unpaired) electrons. The monoisotopic (exact) mass is 129 g/mol. The van der Waals surface area contributed by atoms with Gasteiger partial charge in [0.05, 0.1) is 6.42 Å². The molecule has 0 atom stereocenters. The van der Waals surface area contributed by atoms with E-state index in [9.17, 15) is 4.79 Å². The van der Waals surface area contributed by atoms with Crippen LogP contribution >= 0.6 is 0 Å². The van der Waals surface area contributed by atoms with Gasteiger partial charge < -0.3 is 16.8 Å². The SMILES string of the molecule is CN/C(=C/N)CC(N)=O. The summed E-state index contributed by atoms with van der Waals surface area (Å²) in [4.78, 5) is 10.2. The summed E-state index contributed by atoms with van der Waals surface area (Å²) in [7, 11) is 1.68. The molecule has 0 aromatic carbocycles. The highest BCUT2D eigenvalue weighted by Gasteiger charge is 1.96. The van der Waals surface area contributed by atoms with Crippen molar-refractivity contribution >= 4 is 5.91 Å². The molecule has 0 aliphatic carbocycles. The van der Waals surface area contributed by atoms with E-state index in [1.807, 2.05) is 0 Å². The van der Waals surface area contributed by atoms with Crippen molar-refractivity contribution in [3.63, 3.8) is 0 Å². The molecule has 0 saturated heterocycles. The van der Waals surface area contributed by atoms with Crippen LogP contribution in [-0.4, -0.2) is 13.0 Å². The van der Waals surface area contributed by atoms with Crippen molar-refractivity contribution < 1.29 is 4.79 Å². The van der Waals surface area contributed by atoms with Crippen molar-refractivity contribution in [3.8, 4) is 0 Å². The van der Waals surface area contributed by atoms with Crippen molar-refractivity contribution in [2.75, 3.05) is 7.05 Å². The fraction of sp³-hybridized carbons (Fsp3) is 0.400. The first kappa shape index (κ1) is 7.81. The largest absolute Gasteiger partial charge is 0.403 e. The lowest BCUT2D eigenvalue weighted by atomic mass is 10.3. The molecule has 0 unspecified atom stereocenters. The molecule has 4 nitrogen and oxygen atoms in total. The summed E-state index contributed by atoms with van der Waals surface area (Å²) in [5.41, 5.74) is 10.6. The molecule has 0 aromatic rings. The van der Waals surface area contributed by atoms with Crippen LogP contribution < -0.4 is 16.8 Å². The van der Waals surface area contributed by atoms with Gasteiger partial charge in [-0.15, -0.1) is 0 Å². The highest BCUT2D eigenvalue weighted by Crippen LogP contribution is 1.89. The van der Waals surface area contributed by atoms with Crippen LogP contribution in [0.3, 0.4) is 0 Å². The molecule has 0 aromatic heterocycles. The van der Waals surface area contributed by atoms with E-state index < -0.39 is 0 Å². The van der Waals surface area contributed by atoms with Crippen molar-refractivity contribution in [1.82, 2.24) is 5.32 Å². The molecule has 0 saturated carbocycles. The number of rotatable bonds is 3. The highest BCUT2D eigenvalue weighted by atomic mass is 16.1. The Morgan fingerprint density at radius 2 is 2.33 bits per heavy atom. The summed E-state index contributed by atoms with van der Waals surface area (Å²) in [5.74, 6) is -0.388. The first-order valence-corrected chi connectivity index (χ1v) is 2.57. The zero-order valence-corrected chi connectivity index (χ0v) is 5.35. The molecule has 4 heteroatoms. The second kappa shape index (κ2) is 3.77. The van der Waals surface area contributed by atoms with Gasteiger partial charge in [-0.05, 0) is 0 Å². The minimum absolute atomic E-state index is 0.174. The van der Waals surface area contributed by atoms with Crippen LogP contribution in [0.4, 0.5) is 0 Å². The zero-order chi connectivity index (χ0) is 7.28. The van der Waals surface area contributed by atoms with E-state index in [2.05, 4.69) is 5.32 Å². The smallest absolute Gasteiger partial charge is 0.223 e. The van der Waals surface area contributed by atoms with Crippen molar-refractivity contribution in [1.29, 1.82) is 0 Å².